The van der Waals surface area contributed by atoms with E-state index in [0.29, 0.717) is 0 Å². The average molecular weight is 301 g/mol. The van der Waals surface area contributed by atoms with Crippen LogP contribution in [-0.4, -0.2) is 7.11 Å². The molecule has 3 heteroatoms. The van der Waals surface area contributed by atoms with E-state index in [1.165, 1.54) is 12.1 Å². The van der Waals surface area contributed by atoms with Crippen LogP contribution in [-0.2, 0) is 0 Å². The zero-order valence-electron chi connectivity index (χ0n) is 11.5. The molecule has 0 fully saturated rings. The molecule has 106 valence electrons. The maximum atomic E-state index is 13.4. The maximum absolute atomic E-state index is 13.4. The van der Waals surface area contributed by atoms with Gasteiger partial charge in [-0.15, -0.1) is 11.6 Å². The van der Waals surface area contributed by atoms with Crippen LogP contribution >= 0.6 is 11.6 Å². The lowest BCUT2D eigenvalue weighted by atomic mass is 9.97. The fraction of sp³-hybridized carbons (Fsp3) is 0.111. The minimum absolute atomic E-state index is 0.282. The molecule has 0 radical (unpaired) electrons. The van der Waals surface area contributed by atoms with Gasteiger partial charge in [-0.3, -0.25) is 0 Å². The monoisotopic (exact) mass is 300 g/mol. The smallest absolute Gasteiger partial charge is 0.126 e. The van der Waals surface area contributed by atoms with Crippen LogP contribution in [0.4, 0.5) is 4.39 Å². The number of benzene rings is 3. The van der Waals surface area contributed by atoms with E-state index in [1.54, 1.807) is 13.2 Å². The molecular weight excluding hydrogens is 287 g/mol. The van der Waals surface area contributed by atoms with Gasteiger partial charge in [-0.25, -0.2) is 4.39 Å². The van der Waals surface area contributed by atoms with Crippen molar-refractivity contribution in [2.75, 3.05) is 7.11 Å². The molecule has 0 N–H and O–H groups in total. The molecule has 1 atom stereocenters. The molecule has 0 aliphatic carbocycles. The van der Waals surface area contributed by atoms with E-state index in [4.69, 9.17) is 16.3 Å². The van der Waals surface area contributed by atoms with Gasteiger partial charge in [-0.2, -0.15) is 0 Å². The molecule has 0 saturated carbocycles. The molecule has 1 unspecified atom stereocenters. The quantitative estimate of drug-likeness (QED) is 0.595. The summed E-state index contributed by atoms with van der Waals surface area (Å²) in [4.78, 5) is 0. The SMILES string of the molecule is COc1ccc(C(Cl)c2cccc(F)c2)c2ccccc12. The Balaban J connectivity index is 2.17. The van der Waals surface area contributed by atoms with Gasteiger partial charge in [-0.1, -0.05) is 42.5 Å². The minimum atomic E-state index is -0.406. The van der Waals surface area contributed by atoms with Gasteiger partial charge in [0.05, 0.1) is 12.5 Å². The Bertz CT molecular complexity index is 785. The van der Waals surface area contributed by atoms with Gasteiger partial charge in [-0.05, 0) is 34.7 Å². The maximum Gasteiger partial charge on any atom is 0.126 e. The highest BCUT2D eigenvalue weighted by Crippen LogP contribution is 2.37. The van der Waals surface area contributed by atoms with Gasteiger partial charge in [0.2, 0.25) is 0 Å². The van der Waals surface area contributed by atoms with Crippen LogP contribution in [0.25, 0.3) is 10.8 Å². The third-order valence-corrected chi connectivity index (χ3v) is 4.04. The number of hydrogen-bond acceptors (Lipinski definition) is 1. The molecule has 0 aromatic heterocycles. The second kappa shape index (κ2) is 5.74. The van der Waals surface area contributed by atoms with E-state index in [2.05, 4.69) is 0 Å². The van der Waals surface area contributed by atoms with Crippen molar-refractivity contribution in [2.24, 2.45) is 0 Å². The lowest BCUT2D eigenvalue weighted by Gasteiger charge is -2.15. The standard InChI is InChI=1S/C18H14ClFO/c1-21-17-10-9-16(14-7-2-3-8-15(14)17)18(19)12-5-4-6-13(20)11-12/h2-11,18H,1H3. The topological polar surface area (TPSA) is 9.23 Å². The second-order valence-corrected chi connectivity index (χ2v) is 5.26. The predicted octanol–water partition coefficient (Wildman–Crippen LogP) is 5.32. The number of halogens is 2. The molecule has 3 rings (SSSR count). The Labute approximate surface area is 127 Å². The van der Waals surface area contributed by atoms with E-state index in [-0.39, 0.29) is 5.82 Å². The summed E-state index contributed by atoms with van der Waals surface area (Å²) in [6.45, 7) is 0. The minimum Gasteiger partial charge on any atom is -0.496 e. The largest absolute Gasteiger partial charge is 0.496 e. The molecule has 0 aliphatic rings. The van der Waals surface area contributed by atoms with Gasteiger partial charge in [0, 0.05) is 5.39 Å². The first-order valence-corrected chi connectivity index (χ1v) is 7.09. The van der Waals surface area contributed by atoms with Crippen LogP contribution in [0.3, 0.4) is 0 Å². The number of alkyl halides is 1. The molecule has 21 heavy (non-hydrogen) atoms. The van der Waals surface area contributed by atoms with E-state index >= 15 is 0 Å². The molecule has 3 aromatic rings. The highest BCUT2D eigenvalue weighted by atomic mass is 35.5. The van der Waals surface area contributed by atoms with E-state index in [9.17, 15) is 4.39 Å². The van der Waals surface area contributed by atoms with E-state index in [0.717, 1.165) is 27.6 Å². The van der Waals surface area contributed by atoms with Crippen molar-refractivity contribution >= 4 is 22.4 Å². The Morgan fingerprint density at radius 1 is 0.952 bits per heavy atom. The van der Waals surface area contributed by atoms with Crippen LogP contribution in [0, 0.1) is 5.82 Å². The zero-order valence-corrected chi connectivity index (χ0v) is 12.3. The Kier molecular flexibility index (Phi) is 3.80. The summed E-state index contributed by atoms with van der Waals surface area (Å²) in [5.41, 5.74) is 1.69. The van der Waals surface area contributed by atoms with Gasteiger partial charge in [0.15, 0.2) is 0 Å². The van der Waals surface area contributed by atoms with Gasteiger partial charge >= 0.3 is 0 Å². The molecule has 0 aliphatic heterocycles. The highest BCUT2D eigenvalue weighted by Gasteiger charge is 2.16. The van der Waals surface area contributed by atoms with Crippen LogP contribution in [0.2, 0.25) is 0 Å². The number of fused-ring (bicyclic) bond motifs is 1. The third-order valence-electron chi connectivity index (χ3n) is 3.55. The fourth-order valence-corrected chi connectivity index (χ4v) is 2.86. The summed E-state index contributed by atoms with van der Waals surface area (Å²) in [5.74, 6) is 0.522. The molecule has 0 spiro atoms. The molecule has 1 nitrogen and oxygen atoms in total. The average Bonchev–Trinajstić information content (AvgIpc) is 2.53. The molecule has 3 aromatic carbocycles. The first-order valence-electron chi connectivity index (χ1n) is 6.66. The molecule has 0 amide bonds. The summed E-state index contributed by atoms with van der Waals surface area (Å²) in [6, 6.07) is 18.1. The summed E-state index contributed by atoms with van der Waals surface area (Å²) >= 11 is 6.57. The van der Waals surface area contributed by atoms with Crippen molar-refractivity contribution in [2.45, 2.75) is 5.38 Å². The van der Waals surface area contributed by atoms with Gasteiger partial charge < -0.3 is 4.74 Å². The van der Waals surface area contributed by atoms with Crippen molar-refractivity contribution in [1.82, 2.24) is 0 Å². The molecule has 0 heterocycles. The normalized spacial score (nSPS) is 12.3. The first kappa shape index (κ1) is 13.9. The summed E-state index contributed by atoms with van der Waals surface area (Å²) in [5, 5.41) is 1.61. The van der Waals surface area contributed by atoms with Crippen LogP contribution < -0.4 is 4.74 Å². The number of hydrogen-bond donors (Lipinski definition) is 0. The number of ether oxygens (including phenoxy) is 1. The van der Waals surface area contributed by atoms with Crippen molar-refractivity contribution in [3.8, 4) is 5.75 Å². The summed E-state index contributed by atoms with van der Waals surface area (Å²) < 4.78 is 18.8. The highest BCUT2D eigenvalue weighted by molar-refractivity contribution is 6.23. The number of rotatable bonds is 3. The van der Waals surface area contributed by atoms with Crippen LogP contribution in [0.1, 0.15) is 16.5 Å². The van der Waals surface area contributed by atoms with Crippen molar-refractivity contribution < 1.29 is 9.13 Å². The molecule has 0 bridgehead atoms. The van der Waals surface area contributed by atoms with Crippen molar-refractivity contribution in [3.05, 3.63) is 77.6 Å². The van der Waals surface area contributed by atoms with Crippen molar-refractivity contribution in [3.63, 3.8) is 0 Å². The Hall–Kier alpha value is -2.06. The van der Waals surface area contributed by atoms with Gasteiger partial charge in [0.1, 0.15) is 11.6 Å². The van der Waals surface area contributed by atoms with Crippen LogP contribution in [0.5, 0.6) is 5.75 Å². The predicted molar refractivity (Wildman–Crippen MR) is 84.6 cm³/mol. The lowest BCUT2D eigenvalue weighted by molar-refractivity contribution is 0.419. The van der Waals surface area contributed by atoms with E-state index in [1.807, 2.05) is 42.5 Å². The molecule has 0 saturated heterocycles. The number of methoxy groups -OCH3 is 1. The lowest BCUT2D eigenvalue weighted by Crippen LogP contribution is -1.96. The summed E-state index contributed by atoms with van der Waals surface area (Å²) in [7, 11) is 1.65. The van der Waals surface area contributed by atoms with Crippen molar-refractivity contribution in [1.29, 1.82) is 0 Å². The van der Waals surface area contributed by atoms with E-state index < -0.39 is 5.38 Å². The third kappa shape index (κ3) is 2.59. The molecular formula is C18H14ClFO. The van der Waals surface area contributed by atoms with Gasteiger partial charge in [0.25, 0.3) is 0 Å². The van der Waals surface area contributed by atoms with Crippen LogP contribution in [0.15, 0.2) is 60.7 Å². The Morgan fingerprint density at radius 2 is 1.71 bits per heavy atom. The first-order chi connectivity index (χ1) is 10.2. The summed E-state index contributed by atoms with van der Waals surface area (Å²) in [6.07, 6.45) is 0. The second-order valence-electron chi connectivity index (χ2n) is 4.82. The fourth-order valence-electron chi connectivity index (χ4n) is 2.54. The Morgan fingerprint density at radius 3 is 2.43 bits per heavy atom. The zero-order chi connectivity index (χ0) is 14.8.